The van der Waals surface area contributed by atoms with Gasteiger partial charge in [0.25, 0.3) is 0 Å². The molecule has 2 rings (SSSR count). The largest absolute Gasteiger partial charge is 0.494 e. The second kappa shape index (κ2) is 7.08. The Labute approximate surface area is 119 Å². The van der Waals surface area contributed by atoms with Crippen molar-refractivity contribution in [3.8, 4) is 5.75 Å². The van der Waals surface area contributed by atoms with Crippen LogP contribution in [-0.4, -0.2) is 18.3 Å². The average Bonchev–Trinajstić information content (AvgIpc) is 2.91. The molecular formula is C14H21ClFNO2. The summed E-state index contributed by atoms with van der Waals surface area (Å²) in [7, 11) is 1.42. The van der Waals surface area contributed by atoms with Crippen molar-refractivity contribution in [2.24, 2.45) is 11.7 Å². The van der Waals surface area contributed by atoms with Crippen LogP contribution in [0.5, 0.6) is 5.75 Å². The summed E-state index contributed by atoms with van der Waals surface area (Å²) in [6.07, 6.45) is 3.78. The molecule has 0 spiro atoms. The number of hydrogen-bond donors (Lipinski definition) is 2. The van der Waals surface area contributed by atoms with E-state index < -0.39 is 18.0 Å². The molecule has 19 heavy (non-hydrogen) atoms. The van der Waals surface area contributed by atoms with Gasteiger partial charge < -0.3 is 15.6 Å². The predicted octanol–water partition coefficient (Wildman–Crippen LogP) is 2.81. The summed E-state index contributed by atoms with van der Waals surface area (Å²) in [5.41, 5.74) is 6.78. The van der Waals surface area contributed by atoms with Gasteiger partial charge in [-0.1, -0.05) is 18.9 Å². The van der Waals surface area contributed by atoms with Crippen LogP contribution < -0.4 is 10.5 Å². The third-order valence-corrected chi connectivity index (χ3v) is 3.81. The van der Waals surface area contributed by atoms with Crippen molar-refractivity contribution in [2.75, 3.05) is 7.11 Å². The van der Waals surface area contributed by atoms with Crippen molar-refractivity contribution in [1.29, 1.82) is 0 Å². The van der Waals surface area contributed by atoms with Gasteiger partial charge in [0.15, 0.2) is 11.6 Å². The van der Waals surface area contributed by atoms with E-state index in [1.807, 2.05) is 0 Å². The molecular weight excluding hydrogens is 269 g/mol. The fourth-order valence-electron chi connectivity index (χ4n) is 2.67. The maximum atomic E-state index is 13.3. The maximum absolute atomic E-state index is 13.3. The standard InChI is InChI=1S/C14H20FNO2.ClH/c1-18-12-8-10(6-7-11(12)15)13(16)14(17)9-4-2-3-5-9;/h6-9,13-14,17H,2-5,16H2,1H3;1H/t13-,14+;/m0./s1. The van der Waals surface area contributed by atoms with Crippen molar-refractivity contribution in [3.63, 3.8) is 0 Å². The van der Waals surface area contributed by atoms with Crippen molar-refractivity contribution >= 4 is 12.4 Å². The number of ether oxygens (including phenoxy) is 1. The number of nitrogens with two attached hydrogens (primary N) is 1. The van der Waals surface area contributed by atoms with Gasteiger partial charge in [-0.15, -0.1) is 12.4 Å². The molecule has 0 heterocycles. The molecule has 1 aromatic carbocycles. The van der Waals surface area contributed by atoms with Crippen molar-refractivity contribution in [2.45, 2.75) is 37.8 Å². The minimum Gasteiger partial charge on any atom is -0.494 e. The van der Waals surface area contributed by atoms with Crippen LogP contribution in [0.1, 0.15) is 37.3 Å². The SMILES string of the molecule is COc1cc([C@H](N)[C@H](O)C2CCCC2)ccc1F.Cl. The molecule has 0 unspecified atom stereocenters. The number of aliphatic hydroxyl groups is 1. The Morgan fingerprint density at radius 2 is 2.00 bits per heavy atom. The van der Waals surface area contributed by atoms with Crippen LogP contribution in [0.2, 0.25) is 0 Å². The monoisotopic (exact) mass is 289 g/mol. The lowest BCUT2D eigenvalue weighted by atomic mass is 9.91. The molecule has 1 saturated carbocycles. The topological polar surface area (TPSA) is 55.5 Å². The summed E-state index contributed by atoms with van der Waals surface area (Å²) in [5.74, 6) is 0.0152. The van der Waals surface area contributed by atoms with Gasteiger partial charge in [0.05, 0.1) is 19.3 Å². The fourth-order valence-corrected chi connectivity index (χ4v) is 2.67. The Morgan fingerprint density at radius 3 is 2.58 bits per heavy atom. The molecule has 1 fully saturated rings. The van der Waals surface area contributed by atoms with Gasteiger partial charge in [-0.05, 0) is 36.5 Å². The molecule has 0 aliphatic heterocycles. The molecule has 0 bridgehead atoms. The lowest BCUT2D eigenvalue weighted by Gasteiger charge is -2.24. The van der Waals surface area contributed by atoms with Crippen molar-refractivity contribution in [1.82, 2.24) is 0 Å². The Morgan fingerprint density at radius 1 is 1.37 bits per heavy atom. The summed E-state index contributed by atoms with van der Waals surface area (Å²) in [6.45, 7) is 0. The molecule has 0 saturated heterocycles. The van der Waals surface area contributed by atoms with Crippen molar-refractivity contribution in [3.05, 3.63) is 29.6 Å². The summed E-state index contributed by atoms with van der Waals surface area (Å²) < 4.78 is 18.2. The van der Waals surface area contributed by atoms with Crippen LogP contribution in [0.25, 0.3) is 0 Å². The van der Waals surface area contributed by atoms with Crippen LogP contribution >= 0.6 is 12.4 Å². The van der Waals surface area contributed by atoms with Crippen LogP contribution in [0, 0.1) is 11.7 Å². The second-order valence-electron chi connectivity index (χ2n) is 4.95. The van der Waals surface area contributed by atoms with Gasteiger partial charge in [0, 0.05) is 0 Å². The normalized spacial score (nSPS) is 18.7. The zero-order chi connectivity index (χ0) is 13.1. The predicted molar refractivity (Wildman–Crippen MR) is 75.1 cm³/mol. The average molecular weight is 290 g/mol. The first-order chi connectivity index (χ1) is 8.63. The van der Waals surface area contributed by atoms with Crippen LogP contribution in [-0.2, 0) is 0 Å². The lowest BCUT2D eigenvalue weighted by Crippen LogP contribution is -2.31. The molecule has 3 nitrogen and oxygen atoms in total. The van der Waals surface area contributed by atoms with Crippen molar-refractivity contribution < 1.29 is 14.2 Å². The Kier molecular flexibility index (Phi) is 6.04. The first-order valence-corrected chi connectivity index (χ1v) is 6.40. The molecule has 1 aliphatic rings. The lowest BCUT2D eigenvalue weighted by molar-refractivity contribution is 0.0844. The van der Waals surface area contributed by atoms with E-state index in [4.69, 9.17) is 10.5 Å². The number of benzene rings is 1. The zero-order valence-corrected chi connectivity index (χ0v) is 11.8. The van der Waals surface area contributed by atoms with E-state index in [1.165, 1.54) is 13.2 Å². The molecule has 2 atom stereocenters. The maximum Gasteiger partial charge on any atom is 0.165 e. The molecule has 5 heteroatoms. The quantitative estimate of drug-likeness (QED) is 0.896. The zero-order valence-electron chi connectivity index (χ0n) is 11.0. The van der Waals surface area contributed by atoms with E-state index in [0.717, 1.165) is 25.7 Å². The molecule has 1 aromatic rings. The minimum absolute atomic E-state index is 0. The van der Waals surface area contributed by atoms with Gasteiger partial charge in [0.1, 0.15) is 0 Å². The number of halogens is 2. The number of rotatable bonds is 4. The summed E-state index contributed by atoms with van der Waals surface area (Å²) in [5, 5.41) is 10.2. The molecule has 0 aromatic heterocycles. The van der Waals surface area contributed by atoms with Gasteiger partial charge in [-0.3, -0.25) is 0 Å². The van der Waals surface area contributed by atoms with Gasteiger partial charge in [-0.2, -0.15) is 0 Å². The third-order valence-electron chi connectivity index (χ3n) is 3.81. The van der Waals surface area contributed by atoms with Gasteiger partial charge in [0.2, 0.25) is 0 Å². The van der Waals surface area contributed by atoms with E-state index in [9.17, 15) is 9.50 Å². The minimum atomic E-state index is -0.567. The van der Waals surface area contributed by atoms with Crippen LogP contribution in [0.4, 0.5) is 4.39 Å². The number of aliphatic hydroxyl groups excluding tert-OH is 1. The highest BCUT2D eigenvalue weighted by Crippen LogP contribution is 2.33. The highest BCUT2D eigenvalue weighted by atomic mass is 35.5. The van der Waals surface area contributed by atoms with E-state index in [1.54, 1.807) is 12.1 Å². The van der Waals surface area contributed by atoms with Crippen LogP contribution in [0.3, 0.4) is 0 Å². The fraction of sp³-hybridized carbons (Fsp3) is 0.571. The third kappa shape index (κ3) is 3.59. The molecule has 0 amide bonds. The molecule has 3 N–H and O–H groups in total. The van der Waals surface area contributed by atoms with Gasteiger partial charge in [-0.25, -0.2) is 4.39 Å². The van der Waals surface area contributed by atoms with E-state index in [-0.39, 0.29) is 24.1 Å². The number of hydrogen-bond acceptors (Lipinski definition) is 3. The van der Waals surface area contributed by atoms with Crippen LogP contribution in [0.15, 0.2) is 18.2 Å². The Balaban J connectivity index is 0.00000180. The molecule has 0 radical (unpaired) electrons. The summed E-state index contributed by atoms with van der Waals surface area (Å²) in [6, 6.07) is 4.02. The summed E-state index contributed by atoms with van der Waals surface area (Å²) in [4.78, 5) is 0. The molecule has 108 valence electrons. The summed E-state index contributed by atoms with van der Waals surface area (Å²) >= 11 is 0. The number of methoxy groups -OCH3 is 1. The molecule has 1 aliphatic carbocycles. The van der Waals surface area contributed by atoms with E-state index in [2.05, 4.69) is 0 Å². The highest BCUT2D eigenvalue weighted by Gasteiger charge is 2.29. The van der Waals surface area contributed by atoms with E-state index in [0.29, 0.717) is 5.56 Å². The first-order valence-electron chi connectivity index (χ1n) is 6.40. The highest BCUT2D eigenvalue weighted by molar-refractivity contribution is 5.85. The smallest absolute Gasteiger partial charge is 0.165 e. The van der Waals surface area contributed by atoms with Gasteiger partial charge >= 0.3 is 0 Å². The first kappa shape index (κ1) is 16.2. The second-order valence-corrected chi connectivity index (χ2v) is 4.95. The Bertz CT molecular complexity index is 410. The van der Waals surface area contributed by atoms with E-state index >= 15 is 0 Å². The Hall–Kier alpha value is -0.840.